The molecule has 0 unspecified atom stereocenters. The van der Waals surface area contributed by atoms with E-state index in [-0.39, 0.29) is 12.4 Å². The zero-order chi connectivity index (χ0) is 5.98. The molecule has 0 atom stereocenters. The van der Waals surface area contributed by atoms with Crippen molar-refractivity contribution in [1.29, 1.82) is 0 Å². The molecule has 1 nitrogen and oxygen atoms in total. The Balaban J connectivity index is 0.000000640. The summed E-state index contributed by atoms with van der Waals surface area (Å²) in [4.78, 5) is 0. The Bertz CT molecular complexity index is 104. The fourth-order valence-electron chi connectivity index (χ4n) is 1.02. The second-order valence-corrected chi connectivity index (χ2v) is 2.59. The topological polar surface area (TPSA) is 16.6 Å². The van der Waals surface area contributed by atoms with Crippen LogP contribution < -0.4 is 17.7 Å². The standard InChI is InChI=1S/C7H13N.ClH/c1-6-3-4-8-5-7(6)2;/h8H,3-5H2,1-2H3;1H. The lowest BCUT2D eigenvalue weighted by atomic mass is 10.1. The van der Waals surface area contributed by atoms with Gasteiger partial charge in [-0.2, -0.15) is 0 Å². The molecule has 0 bridgehead atoms. The molecule has 0 saturated carbocycles. The van der Waals surface area contributed by atoms with Gasteiger partial charge in [-0.1, -0.05) is 5.57 Å². The number of nitrogens with two attached hydrogens (primary N) is 1. The second kappa shape index (κ2) is 3.91. The Morgan fingerprint density at radius 3 is 2.22 bits per heavy atom. The molecule has 54 valence electrons. The third-order valence-electron chi connectivity index (χ3n) is 1.90. The van der Waals surface area contributed by atoms with Crippen molar-refractivity contribution in [2.45, 2.75) is 20.3 Å². The number of rotatable bonds is 0. The lowest BCUT2D eigenvalue weighted by Crippen LogP contribution is -3.00. The quantitative estimate of drug-likeness (QED) is 0.359. The van der Waals surface area contributed by atoms with Crippen LogP contribution in [0.1, 0.15) is 20.3 Å². The first-order valence-corrected chi connectivity index (χ1v) is 3.27. The summed E-state index contributed by atoms with van der Waals surface area (Å²) in [5.74, 6) is 0. The maximum Gasteiger partial charge on any atom is 0.0972 e. The van der Waals surface area contributed by atoms with Crippen LogP contribution in [0.4, 0.5) is 0 Å². The first kappa shape index (κ1) is 8.99. The van der Waals surface area contributed by atoms with Crippen LogP contribution in [0.3, 0.4) is 0 Å². The average molecular weight is 148 g/mol. The lowest BCUT2D eigenvalue weighted by Gasteiger charge is -2.11. The van der Waals surface area contributed by atoms with Crippen molar-refractivity contribution in [1.82, 2.24) is 0 Å². The molecule has 1 aliphatic rings. The third kappa shape index (κ3) is 2.37. The van der Waals surface area contributed by atoms with Crippen LogP contribution in [0.15, 0.2) is 11.1 Å². The van der Waals surface area contributed by atoms with Crippen molar-refractivity contribution in [2.24, 2.45) is 0 Å². The van der Waals surface area contributed by atoms with Crippen LogP contribution in [0, 0.1) is 0 Å². The van der Waals surface area contributed by atoms with E-state index < -0.39 is 0 Å². The summed E-state index contributed by atoms with van der Waals surface area (Å²) in [6.45, 7) is 6.99. The molecule has 0 aromatic rings. The van der Waals surface area contributed by atoms with E-state index >= 15 is 0 Å². The zero-order valence-corrected chi connectivity index (χ0v) is 6.83. The minimum absolute atomic E-state index is 0. The van der Waals surface area contributed by atoms with Gasteiger partial charge in [-0.25, -0.2) is 0 Å². The summed E-state index contributed by atoms with van der Waals surface area (Å²) < 4.78 is 0. The van der Waals surface area contributed by atoms with Gasteiger partial charge in [-0.15, -0.1) is 0 Å². The summed E-state index contributed by atoms with van der Waals surface area (Å²) in [6, 6.07) is 0. The van der Waals surface area contributed by atoms with Crippen molar-refractivity contribution >= 4 is 0 Å². The number of hydrogen-bond acceptors (Lipinski definition) is 0. The Morgan fingerprint density at radius 2 is 1.89 bits per heavy atom. The van der Waals surface area contributed by atoms with Gasteiger partial charge in [0.25, 0.3) is 0 Å². The van der Waals surface area contributed by atoms with Crippen molar-refractivity contribution in [3.63, 3.8) is 0 Å². The molecule has 0 radical (unpaired) electrons. The van der Waals surface area contributed by atoms with Gasteiger partial charge in [0.1, 0.15) is 0 Å². The maximum absolute atomic E-state index is 2.36. The summed E-state index contributed by atoms with van der Waals surface area (Å²) in [7, 11) is 0. The van der Waals surface area contributed by atoms with E-state index in [1.165, 1.54) is 19.5 Å². The molecule has 0 aromatic carbocycles. The highest BCUT2D eigenvalue weighted by atomic mass is 35.5. The van der Waals surface area contributed by atoms with Gasteiger partial charge in [0.05, 0.1) is 13.1 Å². The smallest absolute Gasteiger partial charge is 0.0972 e. The highest BCUT2D eigenvalue weighted by Gasteiger charge is 2.04. The molecular weight excluding hydrogens is 134 g/mol. The van der Waals surface area contributed by atoms with E-state index in [4.69, 9.17) is 0 Å². The van der Waals surface area contributed by atoms with E-state index in [2.05, 4.69) is 19.2 Å². The normalized spacial score (nSPS) is 19.3. The molecule has 9 heavy (non-hydrogen) atoms. The zero-order valence-electron chi connectivity index (χ0n) is 6.08. The molecule has 1 rings (SSSR count). The molecule has 2 heteroatoms. The van der Waals surface area contributed by atoms with Gasteiger partial charge in [-0.3, -0.25) is 0 Å². The van der Waals surface area contributed by atoms with Gasteiger partial charge in [0.15, 0.2) is 0 Å². The van der Waals surface area contributed by atoms with E-state index in [0.717, 1.165) is 0 Å². The molecule has 2 N–H and O–H groups in total. The largest absolute Gasteiger partial charge is 1.00 e. The molecule has 0 saturated heterocycles. The monoisotopic (exact) mass is 147 g/mol. The van der Waals surface area contributed by atoms with E-state index in [9.17, 15) is 0 Å². The van der Waals surface area contributed by atoms with Crippen molar-refractivity contribution < 1.29 is 17.7 Å². The van der Waals surface area contributed by atoms with Gasteiger partial charge >= 0.3 is 0 Å². The molecule has 0 fully saturated rings. The lowest BCUT2D eigenvalue weighted by molar-refractivity contribution is -0.650. The summed E-state index contributed by atoms with van der Waals surface area (Å²) in [6.07, 6.45) is 1.30. The minimum Gasteiger partial charge on any atom is -1.00 e. The SMILES string of the molecule is CC1=C(C)C[NH2+]CC1.[Cl-]. The Hall–Kier alpha value is -0.0100. The predicted octanol–water partition coefficient (Wildman–Crippen LogP) is -2.71. The summed E-state index contributed by atoms with van der Waals surface area (Å²) in [5, 5.41) is 2.36. The van der Waals surface area contributed by atoms with Crippen LogP contribution in [-0.4, -0.2) is 13.1 Å². The van der Waals surface area contributed by atoms with E-state index in [0.29, 0.717) is 0 Å². The minimum atomic E-state index is 0. The van der Waals surface area contributed by atoms with Crippen LogP contribution in [-0.2, 0) is 0 Å². The third-order valence-corrected chi connectivity index (χ3v) is 1.90. The Labute approximate surface area is 62.9 Å². The second-order valence-electron chi connectivity index (χ2n) is 2.59. The average Bonchev–Trinajstić information content (AvgIpc) is 1.77. The van der Waals surface area contributed by atoms with Crippen LogP contribution in [0.25, 0.3) is 0 Å². The highest BCUT2D eigenvalue weighted by molar-refractivity contribution is 5.10. The first-order chi connectivity index (χ1) is 3.80. The van der Waals surface area contributed by atoms with Crippen molar-refractivity contribution in [3.05, 3.63) is 11.1 Å². The Kier molecular flexibility index (Phi) is 3.91. The molecule has 0 aliphatic carbocycles. The summed E-state index contributed by atoms with van der Waals surface area (Å²) in [5.41, 5.74) is 3.18. The maximum atomic E-state index is 2.36. The molecule has 0 spiro atoms. The van der Waals surface area contributed by atoms with Gasteiger partial charge in [-0.05, 0) is 19.4 Å². The molecule has 1 aliphatic heterocycles. The number of quaternary nitrogens is 1. The highest BCUT2D eigenvalue weighted by Crippen LogP contribution is 2.05. The first-order valence-electron chi connectivity index (χ1n) is 3.27. The van der Waals surface area contributed by atoms with Crippen LogP contribution >= 0.6 is 0 Å². The van der Waals surface area contributed by atoms with Gasteiger partial charge in [0.2, 0.25) is 0 Å². The van der Waals surface area contributed by atoms with E-state index in [1.807, 2.05) is 0 Å². The molecular formula is C7H14ClN. The van der Waals surface area contributed by atoms with Crippen molar-refractivity contribution in [3.8, 4) is 0 Å². The van der Waals surface area contributed by atoms with Gasteiger partial charge < -0.3 is 17.7 Å². The number of hydrogen-bond donors (Lipinski definition) is 1. The molecule has 0 amide bonds. The van der Waals surface area contributed by atoms with Crippen LogP contribution in [0.5, 0.6) is 0 Å². The Morgan fingerprint density at radius 1 is 1.22 bits per heavy atom. The van der Waals surface area contributed by atoms with Crippen LogP contribution in [0.2, 0.25) is 0 Å². The number of halogens is 1. The fourth-order valence-corrected chi connectivity index (χ4v) is 1.02. The molecule has 1 heterocycles. The van der Waals surface area contributed by atoms with E-state index in [1.54, 1.807) is 11.1 Å². The predicted molar refractivity (Wildman–Crippen MR) is 34.7 cm³/mol. The fraction of sp³-hybridized carbons (Fsp3) is 0.714. The summed E-state index contributed by atoms with van der Waals surface area (Å²) >= 11 is 0. The van der Waals surface area contributed by atoms with Crippen molar-refractivity contribution in [2.75, 3.05) is 13.1 Å². The van der Waals surface area contributed by atoms with Gasteiger partial charge in [0, 0.05) is 6.42 Å². The molecule has 0 aromatic heterocycles.